The van der Waals surface area contributed by atoms with Crippen LogP contribution in [0.25, 0.3) is 93.6 Å². The number of nitrogens with zero attached hydrogens (tertiary/aromatic N) is 2. The van der Waals surface area contributed by atoms with Gasteiger partial charge in [-0.15, -0.1) is 0 Å². The van der Waals surface area contributed by atoms with Crippen LogP contribution in [-0.2, 0) is 0 Å². The molecule has 9 aromatic carbocycles. The maximum absolute atomic E-state index is 6.13. The first kappa shape index (κ1) is 32.4. The second-order valence-electron chi connectivity index (χ2n) is 14.9. The fraction of sp³-hybridized carbons (Fsp3) is 0. The number of para-hydroxylation sites is 4. The van der Waals surface area contributed by atoms with E-state index in [4.69, 9.17) is 8.83 Å². The van der Waals surface area contributed by atoms with E-state index in [0.717, 1.165) is 88.9 Å². The van der Waals surface area contributed by atoms with E-state index >= 15 is 0 Å². The Balaban J connectivity index is 0.984. The van der Waals surface area contributed by atoms with E-state index in [1.807, 2.05) is 24.3 Å². The number of aromatic nitrogens is 1. The summed E-state index contributed by atoms with van der Waals surface area (Å²) in [5.41, 5.74) is 15.0. The Bertz CT molecular complexity index is 3340. The Hall–Kier alpha value is -7.82. The van der Waals surface area contributed by atoms with Crippen molar-refractivity contribution < 1.29 is 8.83 Å². The molecule has 0 fully saturated rings. The van der Waals surface area contributed by atoms with Gasteiger partial charge in [0.25, 0.3) is 0 Å². The smallest absolute Gasteiger partial charge is 0.135 e. The number of hydrogen-bond acceptors (Lipinski definition) is 3. The largest absolute Gasteiger partial charge is 0.456 e. The first-order valence-electron chi connectivity index (χ1n) is 19.7. The second-order valence-corrected chi connectivity index (χ2v) is 14.9. The van der Waals surface area contributed by atoms with Crippen LogP contribution in [0.2, 0.25) is 0 Å². The van der Waals surface area contributed by atoms with Crippen molar-refractivity contribution in [3.8, 4) is 27.9 Å². The van der Waals surface area contributed by atoms with E-state index in [0.29, 0.717) is 0 Å². The lowest BCUT2D eigenvalue weighted by atomic mass is 10.0. The van der Waals surface area contributed by atoms with Crippen molar-refractivity contribution in [3.63, 3.8) is 0 Å². The summed E-state index contributed by atoms with van der Waals surface area (Å²) < 4.78 is 14.6. The molecule has 272 valence electrons. The van der Waals surface area contributed by atoms with E-state index in [9.17, 15) is 0 Å². The van der Waals surface area contributed by atoms with Gasteiger partial charge >= 0.3 is 0 Å². The normalized spacial score (nSPS) is 11.8. The Morgan fingerprint density at radius 2 is 0.741 bits per heavy atom. The molecule has 0 atom stereocenters. The number of anilines is 3. The van der Waals surface area contributed by atoms with Crippen molar-refractivity contribution >= 4 is 82.7 Å². The molecular formula is C54H34N2O2. The minimum absolute atomic E-state index is 0.901. The predicted molar refractivity (Wildman–Crippen MR) is 241 cm³/mol. The number of fused-ring (bicyclic) bond motifs is 9. The molecule has 58 heavy (non-hydrogen) atoms. The molecule has 0 amide bonds. The maximum atomic E-state index is 6.13. The fourth-order valence-electron chi connectivity index (χ4n) is 8.82. The molecule has 0 aliphatic carbocycles. The van der Waals surface area contributed by atoms with Gasteiger partial charge in [-0.05, 0) is 119 Å². The standard InChI is InChI=1S/C54H34N2O2/c1-2-10-39(11-3-1)56-49-15-7-4-12-43(49)46-34-42(28-29-50(46)56)55(40-24-18-35(19-25-40)37-22-30-53-47(32-37)44-13-5-8-16-51(44)57-53)41-26-20-36(21-27-41)38-23-31-54-48(33-38)45-14-6-9-17-52(45)58-54/h1-34H. The number of furan rings is 2. The van der Waals surface area contributed by atoms with Gasteiger partial charge in [0, 0.05) is 55.1 Å². The summed E-state index contributed by atoms with van der Waals surface area (Å²) in [7, 11) is 0. The SMILES string of the molecule is c1ccc(-n2c3ccccc3c3cc(N(c4ccc(-c5ccc6oc7ccccc7c6c5)cc4)c4ccc(-c5ccc6oc7ccccc7c6c5)cc4)ccc32)cc1. The Morgan fingerprint density at radius 1 is 0.293 bits per heavy atom. The van der Waals surface area contributed by atoms with Crippen molar-refractivity contribution in [3.05, 3.63) is 206 Å². The number of hydrogen-bond donors (Lipinski definition) is 0. The van der Waals surface area contributed by atoms with Gasteiger partial charge < -0.3 is 18.3 Å². The predicted octanol–water partition coefficient (Wildman–Crippen LogP) is 15.4. The molecule has 12 aromatic rings. The van der Waals surface area contributed by atoms with Crippen molar-refractivity contribution in [1.29, 1.82) is 0 Å². The van der Waals surface area contributed by atoms with Gasteiger partial charge in [-0.1, -0.05) is 109 Å². The zero-order chi connectivity index (χ0) is 38.2. The zero-order valence-electron chi connectivity index (χ0n) is 31.3. The molecule has 0 N–H and O–H groups in total. The topological polar surface area (TPSA) is 34.5 Å². The van der Waals surface area contributed by atoms with Crippen LogP contribution < -0.4 is 4.90 Å². The third-order valence-corrected chi connectivity index (χ3v) is 11.6. The van der Waals surface area contributed by atoms with Crippen LogP contribution >= 0.6 is 0 Å². The summed E-state index contributed by atoms with van der Waals surface area (Å²) in [6.07, 6.45) is 0. The van der Waals surface area contributed by atoms with E-state index in [2.05, 4.69) is 191 Å². The van der Waals surface area contributed by atoms with E-state index in [1.165, 1.54) is 21.8 Å². The van der Waals surface area contributed by atoms with Crippen LogP contribution in [-0.4, -0.2) is 4.57 Å². The molecule has 4 heteroatoms. The first-order valence-corrected chi connectivity index (χ1v) is 19.7. The highest BCUT2D eigenvalue weighted by molar-refractivity contribution is 6.11. The van der Waals surface area contributed by atoms with Gasteiger partial charge in [-0.25, -0.2) is 0 Å². The van der Waals surface area contributed by atoms with Crippen LogP contribution in [0.5, 0.6) is 0 Å². The molecule has 0 spiro atoms. The van der Waals surface area contributed by atoms with Crippen LogP contribution in [0.3, 0.4) is 0 Å². The summed E-state index contributed by atoms with van der Waals surface area (Å²) in [6.45, 7) is 0. The zero-order valence-corrected chi connectivity index (χ0v) is 31.3. The van der Waals surface area contributed by atoms with Gasteiger partial charge in [0.2, 0.25) is 0 Å². The molecule has 0 radical (unpaired) electrons. The maximum Gasteiger partial charge on any atom is 0.135 e. The second kappa shape index (κ2) is 12.9. The Kier molecular flexibility index (Phi) is 7.20. The van der Waals surface area contributed by atoms with Gasteiger partial charge in [0.1, 0.15) is 22.3 Å². The molecule has 3 aromatic heterocycles. The average molecular weight is 743 g/mol. The minimum Gasteiger partial charge on any atom is -0.456 e. The van der Waals surface area contributed by atoms with Crippen LogP contribution in [0.4, 0.5) is 17.1 Å². The van der Waals surface area contributed by atoms with Crippen molar-refractivity contribution in [2.24, 2.45) is 0 Å². The molecule has 0 saturated heterocycles. The van der Waals surface area contributed by atoms with Crippen molar-refractivity contribution in [2.45, 2.75) is 0 Å². The highest BCUT2D eigenvalue weighted by atomic mass is 16.3. The van der Waals surface area contributed by atoms with Gasteiger partial charge in [0.15, 0.2) is 0 Å². The monoisotopic (exact) mass is 742 g/mol. The van der Waals surface area contributed by atoms with E-state index in [1.54, 1.807) is 0 Å². The van der Waals surface area contributed by atoms with Crippen LogP contribution in [0.15, 0.2) is 215 Å². The van der Waals surface area contributed by atoms with Gasteiger partial charge in [-0.3, -0.25) is 0 Å². The molecule has 4 nitrogen and oxygen atoms in total. The number of rotatable bonds is 6. The summed E-state index contributed by atoms with van der Waals surface area (Å²) >= 11 is 0. The third-order valence-electron chi connectivity index (χ3n) is 11.6. The molecule has 0 saturated carbocycles. The molecule has 0 unspecified atom stereocenters. The molecule has 3 heterocycles. The molecule has 12 rings (SSSR count). The molecule has 0 aliphatic rings. The lowest BCUT2D eigenvalue weighted by molar-refractivity contribution is 0.668. The van der Waals surface area contributed by atoms with Crippen LogP contribution in [0, 0.1) is 0 Å². The summed E-state index contributed by atoms with van der Waals surface area (Å²) in [6, 6.07) is 73.4. The highest BCUT2D eigenvalue weighted by Gasteiger charge is 2.18. The summed E-state index contributed by atoms with van der Waals surface area (Å²) in [5.74, 6) is 0. The third kappa shape index (κ3) is 5.16. The highest BCUT2D eigenvalue weighted by Crippen LogP contribution is 2.42. The summed E-state index contributed by atoms with van der Waals surface area (Å²) in [5, 5.41) is 6.94. The van der Waals surface area contributed by atoms with E-state index in [-0.39, 0.29) is 0 Å². The Morgan fingerprint density at radius 3 is 1.33 bits per heavy atom. The molecular weight excluding hydrogens is 709 g/mol. The van der Waals surface area contributed by atoms with E-state index < -0.39 is 0 Å². The fourth-order valence-corrected chi connectivity index (χ4v) is 8.82. The molecule has 0 aliphatic heterocycles. The van der Waals surface area contributed by atoms with Crippen molar-refractivity contribution in [1.82, 2.24) is 4.57 Å². The quantitative estimate of drug-likeness (QED) is 0.170. The first-order chi connectivity index (χ1) is 28.7. The average Bonchev–Trinajstić information content (AvgIpc) is 3.96. The van der Waals surface area contributed by atoms with Crippen molar-refractivity contribution in [2.75, 3.05) is 4.90 Å². The van der Waals surface area contributed by atoms with Gasteiger partial charge in [-0.2, -0.15) is 0 Å². The number of benzene rings is 9. The summed E-state index contributed by atoms with van der Waals surface area (Å²) in [4.78, 5) is 2.36. The van der Waals surface area contributed by atoms with Gasteiger partial charge in [0.05, 0.1) is 11.0 Å². The lowest BCUT2D eigenvalue weighted by Crippen LogP contribution is -2.10. The van der Waals surface area contributed by atoms with Crippen LogP contribution in [0.1, 0.15) is 0 Å². The Labute approximate surface area is 334 Å². The lowest BCUT2D eigenvalue weighted by Gasteiger charge is -2.26. The molecule has 0 bridgehead atoms. The minimum atomic E-state index is 0.901.